The number of hydrogen-bond acceptors (Lipinski definition) is 2. The van der Waals surface area contributed by atoms with Gasteiger partial charge in [-0.2, -0.15) is 0 Å². The van der Waals surface area contributed by atoms with E-state index in [2.05, 4.69) is 10.6 Å². The van der Waals surface area contributed by atoms with Crippen molar-refractivity contribution in [1.82, 2.24) is 10.6 Å². The van der Waals surface area contributed by atoms with Crippen LogP contribution in [0.4, 0.5) is 9.18 Å². The Hall–Kier alpha value is -1.88. The molecule has 0 aromatic heterocycles. The van der Waals surface area contributed by atoms with Crippen molar-refractivity contribution >= 4 is 6.03 Å². The number of carbonyl (C=O) groups is 1. The van der Waals surface area contributed by atoms with Gasteiger partial charge in [0.15, 0.2) is 0 Å². The number of carbonyl (C=O) groups excluding carboxylic acids is 1. The summed E-state index contributed by atoms with van der Waals surface area (Å²) in [4.78, 5) is 12.3. The molecule has 2 rings (SSSR count). The van der Waals surface area contributed by atoms with Crippen LogP contribution in [0.25, 0.3) is 0 Å². The Kier molecular flexibility index (Phi) is 5.42. The van der Waals surface area contributed by atoms with Crippen molar-refractivity contribution < 1.29 is 14.3 Å². The van der Waals surface area contributed by atoms with Crippen LogP contribution in [0.2, 0.25) is 0 Å². The smallest absolute Gasteiger partial charge is 0.315 e. The van der Waals surface area contributed by atoms with Gasteiger partial charge in [0.05, 0.1) is 6.04 Å². The molecule has 5 heteroatoms. The van der Waals surface area contributed by atoms with Gasteiger partial charge in [0.25, 0.3) is 0 Å². The number of rotatable bonds is 4. The Balaban J connectivity index is 2.04. The normalized spacial score (nSPS) is 22.0. The number of amides is 2. The van der Waals surface area contributed by atoms with E-state index in [1.54, 1.807) is 6.07 Å². The summed E-state index contributed by atoms with van der Waals surface area (Å²) in [7, 11) is 0. The highest BCUT2D eigenvalue weighted by Crippen LogP contribution is 2.33. The Morgan fingerprint density at radius 3 is 2.70 bits per heavy atom. The fourth-order valence-corrected chi connectivity index (χ4v) is 2.84. The zero-order valence-corrected chi connectivity index (χ0v) is 13.8. The van der Waals surface area contributed by atoms with E-state index in [1.165, 1.54) is 12.1 Å². The minimum Gasteiger partial charge on any atom is -0.396 e. The fraction of sp³-hybridized carbons (Fsp3) is 0.500. The average molecular weight is 320 g/mol. The maximum atomic E-state index is 13.5. The van der Waals surface area contributed by atoms with Crippen LogP contribution in [-0.4, -0.2) is 23.8 Å². The molecule has 0 fully saturated rings. The zero-order valence-electron chi connectivity index (χ0n) is 13.8. The number of benzene rings is 1. The molecule has 0 radical (unpaired) electrons. The molecule has 1 aromatic rings. The van der Waals surface area contributed by atoms with Crippen LogP contribution >= 0.6 is 0 Å². The van der Waals surface area contributed by atoms with E-state index in [-0.39, 0.29) is 41.9 Å². The van der Waals surface area contributed by atoms with Crippen molar-refractivity contribution in [1.29, 1.82) is 0 Å². The van der Waals surface area contributed by atoms with Crippen molar-refractivity contribution in [3.8, 4) is 0 Å². The quantitative estimate of drug-likeness (QED) is 0.746. The van der Waals surface area contributed by atoms with Gasteiger partial charge in [-0.3, -0.25) is 0 Å². The highest BCUT2D eigenvalue weighted by atomic mass is 19.1. The number of hydrogen-bond donors (Lipinski definition) is 3. The van der Waals surface area contributed by atoms with Crippen LogP contribution in [0, 0.1) is 17.2 Å². The maximum absolute atomic E-state index is 13.5. The van der Waals surface area contributed by atoms with Crippen molar-refractivity contribution in [2.45, 2.75) is 39.3 Å². The highest BCUT2D eigenvalue weighted by Gasteiger charge is 2.29. The van der Waals surface area contributed by atoms with Crippen molar-refractivity contribution in [2.75, 3.05) is 6.61 Å². The third kappa shape index (κ3) is 4.79. The van der Waals surface area contributed by atoms with Crippen molar-refractivity contribution in [2.24, 2.45) is 11.3 Å². The van der Waals surface area contributed by atoms with Gasteiger partial charge in [0.2, 0.25) is 0 Å². The van der Waals surface area contributed by atoms with Crippen LogP contribution in [-0.2, 0) is 0 Å². The molecule has 0 saturated heterocycles. The minimum absolute atomic E-state index is 0.0831. The summed E-state index contributed by atoms with van der Waals surface area (Å²) in [5, 5.41) is 15.0. The Morgan fingerprint density at radius 1 is 1.39 bits per heavy atom. The summed E-state index contributed by atoms with van der Waals surface area (Å²) in [6, 6.07) is 5.63. The van der Waals surface area contributed by atoms with Crippen LogP contribution in [0.15, 0.2) is 36.4 Å². The summed E-state index contributed by atoms with van der Waals surface area (Å²) < 4.78 is 13.5. The molecule has 3 N–H and O–H groups in total. The number of halogens is 1. The zero-order chi connectivity index (χ0) is 17.0. The van der Waals surface area contributed by atoms with Gasteiger partial charge in [-0.05, 0) is 29.5 Å². The lowest BCUT2D eigenvalue weighted by molar-refractivity contribution is 0.213. The van der Waals surface area contributed by atoms with Gasteiger partial charge in [-0.15, -0.1) is 0 Å². The van der Waals surface area contributed by atoms with E-state index in [0.29, 0.717) is 6.42 Å². The molecule has 4 nitrogen and oxygen atoms in total. The summed E-state index contributed by atoms with van der Waals surface area (Å²) in [5.74, 6) is -0.217. The summed E-state index contributed by atoms with van der Waals surface area (Å²) in [5.41, 5.74) is 0.479. The predicted molar refractivity (Wildman–Crippen MR) is 88.4 cm³/mol. The van der Waals surface area contributed by atoms with Gasteiger partial charge in [-0.1, -0.05) is 45.1 Å². The molecule has 0 bridgehead atoms. The lowest BCUT2D eigenvalue weighted by Crippen LogP contribution is -2.45. The molecule has 0 aliphatic heterocycles. The third-order valence-electron chi connectivity index (χ3n) is 4.05. The Bertz CT molecular complexity index is 581. The van der Waals surface area contributed by atoms with Gasteiger partial charge in [-0.25, -0.2) is 9.18 Å². The van der Waals surface area contributed by atoms with Crippen molar-refractivity contribution in [3.63, 3.8) is 0 Å². The van der Waals surface area contributed by atoms with Crippen LogP contribution in [0.5, 0.6) is 0 Å². The largest absolute Gasteiger partial charge is 0.396 e. The molecule has 1 aliphatic rings. The number of nitrogens with one attached hydrogen (secondary N) is 2. The number of aliphatic hydroxyl groups is 1. The Morgan fingerprint density at radius 2 is 2.13 bits per heavy atom. The van der Waals surface area contributed by atoms with Crippen LogP contribution in [0.1, 0.15) is 38.8 Å². The topological polar surface area (TPSA) is 61.4 Å². The van der Waals surface area contributed by atoms with E-state index in [4.69, 9.17) is 5.11 Å². The molecule has 3 atom stereocenters. The lowest BCUT2D eigenvalue weighted by atomic mass is 9.82. The fourth-order valence-electron chi connectivity index (χ4n) is 2.84. The number of urea groups is 1. The lowest BCUT2D eigenvalue weighted by Gasteiger charge is -2.32. The predicted octanol–water partition coefficient (Wildman–Crippen LogP) is 3.15. The first-order valence-electron chi connectivity index (χ1n) is 7.91. The number of aliphatic hydroxyl groups excluding tert-OH is 1. The molecule has 1 unspecified atom stereocenters. The minimum atomic E-state index is -0.316. The standard InChI is InChI=1S/C18H25FN2O2/c1-18(2,3)16(13-5-4-6-14(19)10-13)21-17(23)20-15-8-7-12(9-15)11-22/h4-8,10,12,15-16,22H,9,11H2,1-3H3,(H2,20,21,23)/t12-,15+,16?/m0/s1. The second-order valence-corrected chi connectivity index (χ2v) is 7.14. The molecule has 2 amide bonds. The summed E-state index contributed by atoms with van der Waals surface area (Å²) >= 11 is 0. The first-order chi connectivity index (χ1) is 10.8. The first-order valence-corrected chi connectivity index (χ1v) is 7.91. The van der Waals surface area contributed by atoms with E-state index >= 15 is 0 Å². The van der Waals surface area contributed by atoms with Gasteiger partial charge in [0.1, 0.15) is 5.82 Å². The molecule has 0 spiro atoms. The molecule has 1 aliphatic carbocycles. The van der Waals surface area contributed by atoms with E-state index < -0.39 is 0 Å². The Labute approximate surface area is 136 Å². The van der Waals surface area contributed by atoms with Crippen LogP contribution < -0.4 is 10.6 Å². The van der Waals surface area contributed by atoms with Crippen LogP contribution in [0.3, 0.4) is 0 Å². The summed E-state index contributed by atoms with van der Waals surface area (Å²) in [6.07, 6.45) is 4.51. The van der Waals surface area contributed by atoms with Gasteiger partial charge < -0.3 is 15.7 Å². The second kappa shape index (κ2) is 7.13. The first kappa shape index (κ1) is 17.5. The van der Waals surface area contributed by atoms with Gasteiger partial charge >= 0.3 is 6.03 Å². The maximum Gasteiger partial charge on any atom is 0.315 e. The molecule has 1 aromatic carbocycles. The highest BCUT2D eigenvalue weighted by molar-refractivity contribution is 5.75. The molecule has 126 valence electrons. The summed E-state index contributed by atoms with van der Waals surface area (Å²) in [6.45, 7) is 6.09. The van der Waals surface area contributed by atoms with E-state index in [1.807, 2.05) is 39.0 Å². The average Bonchev–Trinajstić information content (AvgIpc) is 2.91. The molecule has 23 heavy (non-hydrogen) atoms. The monoisotopic (exact) mass is 320 g/mol. The molecule has 0 saturated carbocycles. The van der Waals surface area contributed by atoms with E-state index in [0.717, 1.165) is 5.56 Å². The molecular weight excluding hydrogens is 295 g/mol. The van der Waals surface area contributed by atoms with Crippen molar-refractivity contribution in [3.05, 3.63) is 47.8 Å². The molecular formula is C18H25FN2O2. The van der Waals surface area contributed by atoms with E-state index in [9.17, 15) is 9.18 Å². The SMILES string of the molecule is CC(C)(C)C(NC(=O)N[C@@H]1C=C[C@H](CO)C1)c1cccc(F)c1. The molecule has 0 heterocycles. The second-order valence-electron chi connectivity index (χ2n) is 7.14. The third-order valence-corrected chi connectivity index (χ3v) is 4.05. The van der Waals surface area contributed by atoms with Gasteiger partial charge in [0, 0.05) is 18.6 Å².